The van der Waals surface area contributed by atoms with Crippen molar-refractivity contribution in [2.45, 2.75) is 26.4 Å². The molecule has 0 amide bonds. The molecular formula is C18H18N4O2. The standard InChI is InChI=1S/C18H18N4O2/c1-14-5-7-15(8-6-14)18-20-17(24-21-18)13-22(10-3-9-19)12-16-4-2-11-23-16/h2,4-8,11H,3,10,12-13H2,1H3. The third kappa shape index (κ3) is 4.09. The predicted octanol–water partition coefficient (Wildman–Crippen LogP) is 3.55. The highest BCUT2D eigenvalue weighted by molar-refractivity contribution is 5.54. The van der Waals surface area contributed by atoms with Crippen molar-refractivity contribution in [2.24, 2.45) is 0 Å². The zero-order valence-electron chi connectivity index (χ0n) is 13.5. The molecule has 1 aromatic carbocycles. The van der Waals surface area contributed by atoms with Crippen LogP contribution in [0.2, 0.25) is 0 Å². The van der Waals surface area contributed by atoms with Gasteiger partial charge in [-0.3, -0.25) is 4.90 Å². The SMILES string of the molecule is Cc1ccc(-c2noc(CN(CCC#N)Cc3ccco3)n2)cc1. The Kier molecular flexibility index (Phi) is 5.04. The summed E-state index contributed by atoms with van der Waals surface area (Å²) in [5, 5.41) is 12.9. The summed E-state index contributed by atoms with van der Waals surface area (Å²) < 4.78 is 10.7. The number of rotatable bonds is 7. The number of aryl methyl sites for hydroxylation is 1. The van der Waals surface area contributed by atoms with E-state index in [1.807, 2.05) is 43.3 Å². The summed E-state index contributed by atoms with van der Waals surface area (Å²) >= 11 is 0. The second-order valence-electron chi connectivity index (χ2n) is 5.58. The van der Waals surface area contributed by atoms with Crippen molar-refractivity contribution < 1.29 is 8.94 Å². The molecule has 2 aromatic heterocycles. The van der Waals surface area contributed by atoms with Gasteiger partial charge in [-0.25, -0.2) is 0 Å². The molecule has 3 aromatic rings. The van der Waals surface area contributed by atoms with Gasteiger partial charge in [-0.2, -0.15) is 10.2 Å². The van der Waals surface area contributed by atoms with Gasteiger partial charge < -0.3 is 8.94 Å². The average Bonchev–Trinajstić information content (AvgIpc) is 3.25. The Morgan fingerprint density at radius 1 is 1.17 bits per heavy atom. The molecule has 0 saturated carbocycles. The van der Waals surface area contributed by atoms with Gasteiger partial charge in [-0.05, 0) is 19.1 Å². The number of furan rings is 1. The normalized spacial score (nSPS) is 10.9. The van der Waals surface area contributed by atoms with E-state index in [4.69, 9.17) is 14.2 Å². The van der Waals surface area contributed by atoms with Crippen LogP contribution in [0.4, 0.5) is 0 Å². The van der Waals surface area contributed by atoms with Crippen molar-refractivity contribution in [3.63, 3.8) is 0 Å². The lowest BCUT2D eigenvalue weighted by molar-refractivity contribution is 0.208. The van der Waals surface area contributed by atoms with Crippen molar-refractivity contribution >= 4 is 0 Å². The molecule has 0 aliphatic heterocycles. The fraction of sp³-hybridized carbons (Fsp3) is 0.278. The molecular weight excluding hydrogens is 304 g/mol. The van der Waals surface area contributed by atoms with Crippen LogP contribution in [0.5, 0.6) is 0 Å². The van der Waals surface area contributed by atoms with Crippen LogP contribution < -0.4 is 0 Å². The van der Waals surface area contributed by atoms with Gasteiger partial charge >= 0.3 is 0 Å². The zero-order chi connectivity index (χ0) is 16.8. The summed E-state index contributed by atoms with van der Waals surface area (Å²) in [5.41, 5.74) is 2.11. The molecule has 0 saturated heterocycles. The Bertz CT molecular complexity index is 800. The van der Waals surface area contributed by atoms with Gasteiger partial charge in [0.25, 0.3) is 0 Å². The van der Waals surface area contributed by atoms with Gasteiger partial charge in [0.05, 0.1) is 25.4 Å². The maximum absolute atomic E-state index is 8.83. The molecule has 2 heterocycles. The van der Waals surface area contributed by atoms with Crippen LogP contribution in [0.3, 0.4) is 0 Å². The third-order valence-electron chi connectivity index (χ3n) is 3.64. The van der Waals surface area contributed by atoms with E-state index in [9.17, 15) is 0 Å². The minimum atomic E-state index is 0.430. The topological polar surface area (TPSA) is 79.1 Å². The first-order valence-electron chi connectivity index (χ1n) is 7.76. The minimum Gasteiger partial charge on any atom is -0.468 e. The molecule has 0 N–H and O–H groups in total. The average molecular weight is 322 g/mol. The monoisotopic (exact) mass is 322 g/mol. The number of hydrogen-bond donors (Lipinski definition) is 0. The first kappa shape index (κ1) is 16.0. The highest BCUT2D eigenvalue weighted by atomic mass is 16.5. The summed E-state index contributed by atoms with van der Waals surface area (Å²) in [7, 11) is 0. The van der Waals surface area contributed by atoms with Crippen LogP contribution in [0, 0.1) is 18.3 Å². The number of aromatic nitrogens is 2. The van der Waals surface area contributed by atoms with Gasteiger partial charge in [0.2, 0.25) is 11.7 Å². The summed E-state index contributed by atoms with van der Waals surface area (Å²) in [6.45, 7) is 3.71. The number of hydrogen-bond acceptors (Lipinski definition) is 6. The van der Waals surface area contributed by atoms with Gasteiger partial charge in [0, 0.05) is 18.5 Å². The van der Waals surface area contributed by atoms with Crippen LogP contribution in [0.15, 0.2) is 51.6 Å². The van der Waals surface area contributed by atoms with Crippen molar-refractivity contribution in [1.29, 1.82) is 5.26 Å². The molecule has 122 valence electrons. The van der Waals surface area contributed by atoms with Crippen molar-refractivity contribution in [2.75, 3.05) is 6.54 Å². The van der Waals surface area contributed by atoms with E-state index in [1.165, 1.54) is 5.56 Å². The van der Waals surface area contributed by atoms with Gasteiger partial charge in [0.15, 0.2) is 0 Å². The molecule has 0 unspecified atom stereocenters. The molecule has 6 nitrogen and oxygen atoms in total. The Labute approximate surface area is 140 Å². The molecule has 3 rings (SSSR count). The van der Waals surface area contributed by atoms with Gasteiger partial charge in [-0.1, -0.05) is 35.0 Å². The molecule has 0 atom stereocenters. The molecule has 6 heteroatoms. The molecule has 0 spiro atoms. The highest BCUT2D eigenvalue weighted by Crippen LogP contribution is 2.17. The Morgan fingerprint density at radius 3 is 2.71 bits per heavy atom. The van der Waals surface area contributed by atoms with E-state index in [1.54, 1.807) is 6.26 Å². The number of nitrogens with zero attached hydrogens (tertiary/aromatic N) is 4. The third-order valence-corrected chi connectivity index (χ3v) is 3.64. The molecule has 0 aliphatic carbocycles. The first-order valence-corrected chi connectivity index (χ1v) is 7.76. The van der Waals surface area contributed by atoms with Gasteiger partial charge in [-0.15, -0.1) is 0 Å². The maximum Gasteiger partial charge on any atom is 0.241 e. The smallest absolute Gasteiger partial charge is 0.241 e. The molecule has 0 aliphatic rings. The lowest BCUT2D eigenvalue weighted by Gasteiger charge is -2.17. The second-order valence-corrected chi connectivity index (χ2v) is 5.58. The molecule has 0 fully saturated rings. The van der Waals surface area contributed by atoms with E-state index in [2.05, 4.69) is 21.1 Å². The number of benzene rings is 1. The Balaban J connectivity index is 1.70. The van der Waals surface area contributed by atoms with Crippen LogP contribution in [0.1, 0.15) is 23.6 Å². The fourth-order valence-corrected chi connectivity index (χ4v) is 2.38. The minimum absolute atomic E-state index is 0.430. The summed E-state index contributed by atoms with van der Waals surface area (Å²) in [6, 6.07) is 13.9. The van der Waals surface area contributed by atoms with E-state index in [0.29, 0.717) is 37.8 Å². The van der Waals surface area contributed by atoms with Crippen LogP contribution >= 0.6 is 0 Å². The predicted molar refractivity (Wildman–Crippen MR) is 87.5 cm³/mol. The van der Waals surface area contributed by atoms with Crippen molar-refractivity contribution in [3.05, 3.63) is 59.9 Å². The summed E-state index contributed by atoms with van der Waals surface area (Å²) in [6.07, 6.45) is 2.07. The van der Waals surface area contributed by atoms with Gasteiger partial charge in [0.1, 0.15) is 5.76 Å². The first-order chi connectivity index (χ1) is 11.7. The van der Waals surface area contributed by atoms with Crippen LogP contribution in [-0.4, -0.2) is 21.6 Å². The van der Waals surface area contributed by atoms with E-state index in [-0.39, 0.29) is 0 Å². The van der Waals surface area contributed by atoms with E-state index < -0.39 is 0 Å². The largest absolute Gasteiger partial charge is 0.468 e. The Hall–Kier alpha value is -2.91. The summed E-state index contributed by atoms with van der Waals surface area (Å²) in [4.78, 5) is 6.50. The molecule has 24 heavy (non-hydrogen) atoms. The lowest BCUT2D eigenvalue weighted by atomic mass is 10.1. The van der Waals surface area contributed by atoms with Crippen LogP contribution in [0.25, 0.3) is 11.4 Å². The van der Waals surface area contributed by atoms with E-state index in [0.717, 1.165) is 11.3 Å². The number of nitriles is 1. The lowest BCUT2D eigenvalue weighted by Crippen LogP contribution is -2.23. The highest BCUT2D eigenvalue weighted by Gasteiger charge is 2.14. The summed E-state index contributed by atoms with van der Waals surface area (Å²) in [5.74, 6) is 1.93. The van der Waals surface area contributed by atoms with E-state index >= 15 is 0 Å². The quantitative estimate of drug-likeness (QED) is 0.662. The maximum atomic E-state index is 8.83. The second kappa shape index (κ2) is 7.57. The van der Waals surface area contributed by atoms with Crippen LogP contribution in [-0.2, 0) is 13.1 Å². The van der Waals surface area contributed by atoms with Crippen molar-refractivity contribution in [3.8, 4) is 17.5 Å². The molecule has 0 radical (unpaired) electrons. The fourth-order valence-electron chi connectivity index (χ4n) is 2.38. The zero-order valence-corrected chi connectivity index (χ0v) is 13.5. The Morgan fingerprint density at radius 2 is 2.00 bits per heavy atom. The van der Waals surface area contributed by atoms with Crippen molar-refractivity contribution in [1.82, 2.24) is 15.0 Å². The molecule has 0 bridgehead atoms.